The van der Waals surface area contributed by atoms with Crippen LogP contribution in [0.1, 0.15) is 5.56 Å². The smallest absolute Gasteiger partial charge is 0.294 e. The van der Waals surface area contributed by atoms with E-state index in [4.69, 9.17) is 18.9 Å². The number of imide groups is 1. The highest BCUT2D eigenvalue weighted by Gasteiger charge is 2.36. The topological polar surface area (TPSA) is 103 Å². The van der Waals surface area contributed by atoms with Crippen molar-refractivity contribution in [2.75, 3.05) is 38.3 Å². The number of anilines is 1. The van der Waals surface area contributed by atoms with E-state index < -0.39 is 23.6 Å². The first-order valence-corrected chi connectivity index (χ1v) is 12.7. The SMILES string of the molecule is O=C(CN1C(=O)S/C(=C/c2ccccc2OCCOc2ccccc2)C1=O)Nc1ccc2c(c1)OCCO2. The van der Waals surface area contributed by atoms with E-state index in [-0.39, 0.29) is 4.91 Å². The van der Waals surface area contributed by atoms with Crippen molar-refractivity contribution < 1.29 is 33.3 Å². The summed E-state index contributed by atoms with van der Waals surface area (Å²) in [7, 11) is 0. The number of carbonyl (C=O) groups excluding carboxylic acids is 3. The third-order valence-electron chi connectivity index (χ3n) is 5.56. The maximum absolute atomic E-state index is 13.0. The van der Waals surface area contributed by atoms with Gasteiger partial charge in [-0.25, -0.2) is 0 Å². The van der Waals surface area contributed by atoms with E-state index in [1.807, 2.05) is 42.5 Å². The second-order valence-electron chi connectivity index (χ2n) is 8.22. The molecule has 3 amide bonds. The standard InChI is InChI=1S/C28H24N2O7S/c31-26(29-20-10-11-23-24(17-20)37-15-14-36-23)18-30-27(32)25(38-28(30)33)16-19-6-4-5-9-22(19)35-13-12-34-21-7-2-1-3-8-21/h1-11,16-17H,12-15,18H2,(H,29,31)/b25-16+. The third-order valence-corrected chi connectivity index (χ3v) is 6.47. The molecule has 1 saturated heterocycles. The van der Waals surface area contributed by atoms with Crippen LogP contribution in [0.15, 0.2) is 77.7 Å². The first-order valence-electron chi connectivity index (χ1n) is 11.9. The van der Waals surface area contributed by atoms with E-state index in [9.17, 15) is 14.4 Å². The van der Waals surface area contributed by atoms with Crippen LogP contribution in [-0.2, 0) is 9.59 Å². The Balaban J connectivity index is 1.19. The Morgan fingerprint density at radius 2 is 1.66 bits per heavy atom. The summed E-state index contributed by atoms with van der Waals surface area (Å²) >= 11 is 0.780. The lowest BCUT2D eigenvalue weighted by Crippen LogP contribution is -2.36. The lowest BCUT2D eigenvalue weighted by atomic mass is 10.2. The fourth-order valence-electron chi connectivity index (χ4n) is 3.80. The molecule has 38 heavy (non-hydrogen) atoms. The number of thioether (sulfide) groups is 1. The molecule has 0 unspecified atom stereocenters. The van der Waals surface area contributed by atoms with E-state index in [1.54, 1.807) is 36.4 Å². The van der Waals surface area contributed by atoms with Gasteiger partial charge >= 0.3 is 0 Å². The molecule has 0 radical (unpaired) electrons. The van der Waals surface area contributed by atoms with Crippen LogP contribution in [0.5, 0.6) is 23.0 Å². The highest BCUT2D eigenvalue weighted by molar-refractivity contribution is 8.18. The number of nitrogens with one attached hydrogen (secondary N) is 1. The molecule has 2 heterocycles. The van der Waals surface area contributed by atoms with Gasteiger partial charge in [0.25, 0.3) is 11.1 Å². The van der Waals surface area contributed by atoms with Gasteiger partial charge in [-0.2, -0.15) is 0 Å². The van der Waals surface area contributed by atoms with E-state index in [1.165, 1.54) is 0 Å². The Morgan fingerprint density at radius 3 is 2.50 bits per heavy atom. The van der Waals surface area contributed by atoms with Crippen LogP contribution in [0.25, 0.3) is 6.08 Å². The molecule has 0 bridgehead atoms. The van der Waals surface area contributed by atoms with Crippen LogP contribution in [0.4, 0.5) is 10.5 Å². The summed E-state index contributed by atoms with van der Waals surface area (Å²) in [6.07, 6.45) is 1.59. The first-order chi connectivity index (χ1) is 18.6. The van der Waals surface area contributed by atoms with Gasteiger partial charge in [-0.1, -0.05) is 36.4 Å². The van der Waals surface area contributed by atoms with Crippen molar-refractivity contribution in [2.24, 2.45) is 0 Å². The minimum absolute atomic E-state index is 0.207. The minimum Gasteiger partial charge on any atom is -0.490 e. The lowest BCUT2D eigenvalue weighted by Gasteiger charge is -2.19. The summed E-state index contributed by atoms with van der Waals surface area (Å²) in [5.74, 6) is 1.37. The summed E-state index contributed by atoms with van der Waals surface area (Å²) in [5.41, 5.74) is 1.11. The lowest BCUT2D eigenvalue weighted by molar-refractivity contribution is -0.127. The van der Waals surface area contributed by atoms with Crippen molar-refractivity contribution in [3.05, 3.63) is 83.3 Å². The van der Waals surface area contributed by atoms with Crippen molar-refractivity contribution in [3.8, 4) is 23.0 Å². The maximum atomic E-state index is 13.0. The minimum atomic E-state index is -0.542. The van der Waals surface area contributed by atoms with Gasteiger partial charge in [0, 0.05) is 17.3 Å². The Labute approximate surface area is 223 Å². The van der Waals surface area contributed by atoms with Gasteiger partial charge in [-0.15, -0.1) is 0 Å². The van der Waals surface area contributed by atoms with Crippen LogP contribution in [0, 0.1) is 0 Å². The molecule has 1 N–H and O–H groups in total. The largest absolute Gasteiger partial charge is 0.490 e. The molecular formula is C28H24N2O7S. The Bertz CT molecular complexity index is 1380. The van der Waals surface area contributed by atoms with Crippen molar-refractivity contribution in [1.82, 2.24) is 4.90 Å². The molecule has 0 aliphatic carbocycles. The summed E-state index contributed by atoms with van der Waals surface area (Å²) in [6, 6.07) is 21.6. The molecule has 3 aromatic carbocycles. The van der Waals surface area contributed by atoms with E-state index >= 15 is 0 Å². The second-order valence-corrected chi connectivity index (χ2v) is 9.22. The Kier molecular flexibility index (Phi) is 7.79. The molecule has 3 aromatic rings. The molecule has 0 aromatic heterocycles. The maximum Gasteiger partial charge on any atom is 0.294 e. The molecule has 0 saturated carbocycles. The third kappa shape index (κ3) is 6.09. The van der Waals surface area contributed by atoms with Crippen LogP contribution in [0.2, 0.25) is 0 Å². The summed E-state index contributed by atoms with van der Waals surface area (Å²) in [4.78, 5) is 39.3. The van der Waals surface area contributed by atoms with Crippen molar-refractivity contribution in [3.63, 3.8) is 0 Å². The zero-order chi connectivity index (χ0) is 26.3. The molecule has 194 valence electrons. The average molecular weight is 533 g/mol. The molecule has 0 spiro atoms. The van der Waals surface area contributed by atoms with E-state index in [0.29, 0.717) is 54.9 Å². The van der Waals surface area contributed by atoms with Gasteiger partial charge in [0.05, 0.1) is 4.91 Å². The van der Waals surface area contributed by atoms with Crippen molar-refractivity contribution >= 4 is 40.6 Å². The Hall–Kier alpha value is -4.44. The number of fused-ring (bicyclic) bond motifs is 1. The van der Waals surface area contributed by atoms with Crippen molar-refractivity contribution in [2.45, 2.75) is 0 Å². The van der Waals surface area contributed by atoms with Gasteiger partial charge in [-0.05, 0) is 48.2 Å². The van der Waals surface area contributed by atoms with Gasteiger partial charge in [0.2, 0.25) is 5.91 Å². The Morgan fingerprint density at radius 1 is 0.921 bits per heavy atom. The molecule has 10 heteroatoms. The fourth-order valence-corrected chi connectivity index (χ4v) is 4.63. The van der Waals surface area contributed by atoms with Gasteiger partial charge in [-0.3, -0.25) is 19.3 Å². The number of para-hydroxylation sites is 2. The zero-order valence-electron chi connectivity index (χ0n) is 20.3. The van der Waals surface area contributed by atoms with Gasteiger partial charge in [0.1, 0.15) is 44.5 Å². The zero-order valence-corrected chi connectivity index (χ0v) is 21.1. The number of hydrogen-bond donors (Lipinski definition) is 1. The molecular weight excluding hydrogens is 508 g/mol. The number of nitrogens with zero attached hydrogens (tertiary/aromatic N) is 1. The molecule has 9 nitrogen and oxygen atoms in total. The van der Waals surface area contributed by atoms with Crippen LogP contribution in [0.3, 0.4) is 0 Å². The number of carbonyl (C=O) groups is 3. The van der Waals surface area contributed by atoms with E-state index in [2.05, 4.69) is 5.32 Å². The number of ether oxygens (including phenoxy) is 4. The van der Waals surface area contributed by atoms with E-state index in [0.717, 1.165) is 22.4 Å². The monoisotopic (exact) mass is 532 g/mol. The second kappa shape index (κ2) is 11.7. The molecule has 5 rings (SSSR count). The average Bonchev–Trinajstić information content (AvgIpc) is 3.19. The number of benzene rings is 3. The normalized spacial score (nSPS) is 15.5. The van der Waals surface area contributed by atoms with Crippen LogP contribution in [-0.4, -0.2) is 54.9 Å². The summed E-state index contributed by atoms with van der Waals surface area (Å²) < 4.78 is 22.5. The quantitative estimate of drug-likeness (QED) is 0.315. The molecule has 2 aliphatic rings. The molecule has 1 fully saturated rings. The first kappa shape index (κ1) is 25.2. The molecule has 0 atom stereocenters. The predicted molar refractivity (Wildman–Crippen MR) is 143 cm³/mol. The molecule has 2 aliphatic heterocycles. The number of hydrogen-bond acceptors (Lipinski definition) is 8. The highest BCUT2D eigenvalue weighted by Crippen LogP contribution is 2.35. The fraction of sp³-hybridized carbons (Fsp3) is 0.179. The summed E-state index contributed by atoms with van der Waals surface area (Å²) in [5, 5.41) is 2.17. The predicted octanol–water partition coefficient (Wildman–Crippen LogP) is 4.59. The van der Waals surface area contributed by atoms with Crippen molar-refractivity contribution in [1.29, 1.82) is 0 Å². The number of rotatable bonds is 9. The van der Waals surface area contributed by atoms with Gasteiger partial charge < -0.3 is 24.3 Å². The number of amides is 3. The van der Waals surface area contributed by atoms with Gasteiger partial charge in [0.15, 0.2) is 11.5 Å². The highest BCUT2D eigenvalue weighted by atomic mass is 32.2. The van der Waals surface area contributed by atoms with Crippen LogP contribution < -0.4 is 24.3 Å². The van der Waals surface area contributed by atoms with Crippen LogP contribution >= 0.6 is 11.8 Å². The summed E-state index contributed by atoms with van der Waals surface area (Å²) in [6.45, 7) is 1.11.